The topological polar surface area (TPSA) is 55.7 Å². The van der Waals surface area contributed by atoms with Gasteiger partial charge in [-0.25, -0.2) is 9.97 Å². The molecule has 0 unspecified atom stereocenters. The molecule has 0 spiro atoms. The number of piperazine rings is 1. The van der Waals surface area contributed by atoms with Gasteiger partial charge in [-0.3, -0.25) is 9.80 Å². The first-order valence-corrected chi connectivity index (χ1v) is 11.0. The molecule has 154 valence electrons. The van der Waals surface area contributed by atoms with Crippen LogP contribution in [0.2, 0.25) is 0 Å². The van der Waals surface area contributed by atoms with Gasteiger partial charge in [-0.15, -0.1) is 0 Å². The molecule has 0 radical (unpaired) electrons. The monoisotopic (exact) mass is 393 g/mol. The van der Waals surface area contributed by atoms with Crippen LogP contribution in [0.3, 0.4) is 0 Å². The number of para-hydroxylation sites is 1. The minimum absolute atomic E-state index is 0.226. The third-order valence-electron chi connectivity index (χ3n) is 6.91. The van der Waals surface area contributed by atoms with E-state index in [2.05, 4.69) is 25.8 Å². The summed E-state index contributed by atoms with van der Waals surface area (Å²) in [4.78, 5) is 17.0. The Balaban J connectivity index is 1.20. The van der Waals surface area contributed by atoms with Crippen molar-refractivity contribution in [2.75, 3.05) is 50.7 Å². The molecule has 29 heavy (non-hydrogen) atoms. The van der Waals surface area contributed by atoms with E-state index in [4.69, 9.17) is 4.98 Å². The van der Waals surface area contributed by atoms with Crippen LogP contribution in [0.1, 0.15) is 25.0 Å². The molecule has 0 amide bonds. The van der Waals surface area contributed by atoms with Gasteiger partial charge >= 0.3 is 0 Å². The smallest absolute Gasteiger partial charge is 0.165 e. The van der Waals surface area contributed by atoms with E-state index in [1.54, 1.807) is 6.07 Å². The molecule has 2 aromatic rings. The number of fused-ring (bicyclic) bond motifs is 2. The van der Waals surface area contributed by atoms with Crippen LogP contribution < -0.4 is 4.90 Å². The van der Waals surface area contributed by atoms with Gasteiger partial charge in [0.25, 0.3) is 0 Å². The number of hydrogen-bond acceptors (Lipinski definition) is 6. The molecule has 1 aliphatic carbocycles. The highest BCUT2D eigenvalue weighted by Gasteiger charge is 2.37. The minimum Gasteiger partial charge on any atom is -0.507 e. The molecule has 3 aliphatic rings. The summed E-state index contributed by atoms with van der Waals surface area (Å²) in [5.41, 5.74) is 1.62. The number of nitrogens with zero attached hydrogens (tertiary/aromatic N) is 5. The summed E-state index contributed by atoms with van der Waals surface area (Å²) in [6.45, 7) is 9.88. The van der Waals surface area contributed by atoms with E-state index in [-0.39, 0.29) is 5.75 Å². The van der Waals surface area contributed by atoms with E-state index >= 15 is 0 Å². The molecule has 3 heterocycles. The molecule has 2 aliphatic heterocycles. The Morgan fingerprint density at radius 1 is 1.03 bits per heavy atom. The average Bonchev–Trinajstić information content (AvgIpc) is 3.36. The summed E-state index contributed by atoms with van der Waals surface area (Å²) < 4.78 is 0. The highest BCUT2D eigenvalue weighted by Crippen LogP contribution is 2.37. The lowest BCUT2D eigenvalue weighted by Gasteiger charge is -2.37. The van der Waals surface area contributed by atoms with Crippen LogP contribution in [0.25, 0.3) is 11.4 Å². The van der Waals surface area contributed by atoms with E-state index in [1.165, 1.54) is 38.9 Å². The Morgan fingerprint density at radius 3 is 2.59 bits per heavy atom. The fourth-order valence-electron chi connectivity index (χ4n) is 5.27. The number of anilines is 1. The molecule has 6 heteroatoms. The molecule has 2 saturated heterocycles. The second-order valence-corrected chi connectivity index (χ2v) is 8.86. The Labute approximate surface area is 173 Å². The zero-order valence-corrected chi connectivity index (χ0v) is 17.3. The number of likely N-dealkylation sites (tertiary alicyclic amines) is 1. The Hall–Kier alpha value is -2.18. The summed E-state index contributed by atoms with van der Waals surface area (Å²) in [5, 5.41) is 10.2. The van der Waals surface area contributed by atoms with E-state index in [1.807, 2.05) is 25.1 Å². The molecule has 1 aromatic carbocycles. The van der Waals surface area contributed by atoms with E-state index in [9.17, 15) is 5.11 Å². The molecule has 2 atom stereocenters. The van der Waals surface area contributed by atoms with Crippen molar-refractivity contribution in [1.29, 1.82) is 0 Å². The summed E-state index contributed by atoms with van der Waals surface area (Å²) in [6, 6.07) is 10.2. The van der Waals surface area contributed by atoms with Crippen molar-refractivity contribution in [1.82, 2.24) is 19.8 Å². The van der Waals surface area contributed by atoms with Crippen molar-refractivity contribution >= 4 is 5.82 Å². The fraction of sp³-hybridized carbons (Fsp3) is 0.565. The first-order valence-electron chi connectivity index (χ1n) is 11.0. The summed E-state index contributed by atoms with van der Waals surface area (Å²) in [5.74, 6) is 2.78. The van der Waals surface area contributed by atoms with Crippen molar-refractivity contribution in [2.24, 2.45) is 5.92 Å². The van der Waals surface area contributed by atoms with Gasteiger partial charge in [-0.05, 0) is 44.2 Å². The third kappa shape index (κ3) is 3.96. The predicted octanol–water partition coefficient (Wildman–Crippen LogP) is 2.76. The maximum atomic E-state index is 10.2. The van der Waals surface area contributed by atoms with Gasteiger partial charge in [0, 0.05) is 63.6 Å². The van der Waals surface area contributed by atoms with Crippen LogP contribution in [-0.4, -0.2) is 76.7 Å². The van der Waals surface area contributed by atoms with Crippen molar-refractivity contribution in [2.45, 2.75) is 32.2 Å². The van der Waals surface area contributed by atoms with Gasteiger partial charge in [0.1, 0.15) is 11.6 Å². The number of aromatic nitrogens is 2. The highest BCUT2D eigenvalue weighted by molar-refractivity contribution is 5.65. The molecule has 1 N–H and O–H groups in total. The SMILES string of the molecule is Cc1cc(N2CCN(CCN3C[C@H]4CC[C@@H]3C4)CC2)nc(-c2ccccc2O)n1. The zero-order chi connectivity index (χ0) is 19.8. The molecule has 1 aromatic heterocycles. The van der Waals surface area contributed by atoms with Crippen LogP contribution in [-0.2, 0) is 0 Å². The second kappa shape index (κ2) is 7.92. The average molecular weight is 394 g/mol. The number of rotatable bonds is 5. The minimum atomic E-state index is 0.226. The van der Waals surface area contributed by atoms with E-state index in [0.717, 1.165) is 49.7 Å². The number of aromatic hydroxyl groups is 1. The van der Waals surface area contributed by atoms with E-state index in [0.29, 0.717) is 11.4 Å². The summed E-state index contributed by atoms with van der Waals surface area (Å²) >= 11 is 0. The standard InChI is InChI=1S/C23H31N5O/c1-17-14-22(25-23(24-17)20-4-2-3-5-21(20)29)27-11-8-26(9-12-27)10-13-28-16-18-6-7-19(28)15-18/h2-5,14,18-19,29H,6-13,15-16H2,1H3/t18-,19+/m0/s1. The number of hydrogen-bond donors (Lipinski definition) is 1. The molecular formula is C23H31N5O. The number of aryl methyl sites for hydroxylation is 1. The Kier molecular flexibility index (Phi) is 5.14. The lowest BCUT2D eigenvalue weighted by atomic mass is 10.1. The highest BCUT2D eigenvalue weighted by atomic mass is 16.3. The van der Waals surface area contributed by atoms with Crippen molar-refractivity contribution in [3.8, 4) is 17.1 Å². The van der Waals surface area contributed by atoms with Crippen molar-refractivity contribution in [3.63, 3.8) is 0 Å². The number of phenols is 1. The van der Waals surface area contributed by atoms with Gasteiger partial charge in [0.15, 0.2) is 5.82 Å². The maximum absolute atomic E-state index is 10.2. The largest absolute Gasteiger partial charge is 0.507 e. The fourth-order valence-corrected chi connectivity index (χ4v) is 5.27. The normalized spacial score (nSPS) is 25.1. The van der Waals surface area contributed by atoms with E-state index < -0.39 is 0 Å². The van der Waals surface area contributed by atoms with Gasteiger partial charge < -0.3 is 10.0 Å². The van der Waals surface area contributed by atoms with Gasteiger partial charge in [-0.1, -0.05) is 12.1 Å². The van der Waals surface area contributed by atoms with Crippen molar-refractivity contribution < 1.29 is 5.11 Å². The Bertz CT molecular complexity index is 864. The van der Waals surface area contributed by atoms with Gasteiger partial charge in [-0.2, -0.15) is 0 Å². The lowest BCUT2D eigenvalue weighted by Crippen LogP contribution is -2.49. The van der Waals surface area contributed by atoms with Crippen LogP contribution in [0.5, 0.6) is 5.75 Å². The first-order chi connectivity index (χ1) is 14.2. The summed E-state index contributed by atoms with van der Waals surface area (Å²) in [6.07, 6.45) is 4.33. The number of benzene rings is 1. The second-order valence-electron chi connectivity index (χ2n) is 8.86. The van der Waals surface area contributed by atoms with Crippen LogP contribution in [0, 0.1) is 12.8 Å². The van der Waals surface area contributed by atoms with Crippen LogP contribution in [0.15, 0.2) is 30.3 Å². The predicted molar refractivity (Wildman–Crippen MR) is 115 cm³/mol. The van der Waals surface area contributed by atoms with Crippen LogP contribution >= 0.6 is 0 Å². The zero-order valence-electron chi connectivity index (χ0n) is 17.3. The number of piperidine rings is 1. The van der Waals surface area contributed by atoms with Crippen molar-refractivity contribution in [3.05, 3.63) is 36.0 Å². The molecule has 1 saturated carbocycles. The van der Waals surface area contributed by atoms with Crippen LogP contribution in [0.4, 0.5) is 5.82 Å². The molecule has 5 rings (SSSR count). The molecule has 6 nitrogen and oxygen atoms in total. The third-order valence-corrected chi connectivity index (χ3v) is 6.91. The van der Waals surface area contributed by atoms with Gasteiger partial charge in [0.05, 0.1) is 5.56 Å². The Morgan fingerprint density at radius 2 is 1.86 bits per heavy atom. The number of phenolic OH excluding ortho intramolecular Hbond substituents is 1. The first kappa shape index (κ1) is 18.8. The molecular weight excluding hydrogens is 362 g/mol. The quantitative estimate of drug-likeness (QED) is 0.843. The summed E-state index contributed by atoms with van der Waals surface area (Å²) in [7, 11) is 0. The molecule has 3 fully saturated rings. The lowest BCUT2D eigenvalue weighted by molar-refractivity contribution is 0.167. The van der Waals surface area contributed by atoms with Gasteiger partial charge in [0.2, 0.25) is 0 Å². The molecule has 2 bridgehead atoms. The maximum Gasteiger partial charge on any atom is 0.165 e.